The molecule has 20 heavy (non-hydrogen) atoms. The minimum absolute atomic E-state index is 0.0856. The molecule has 0 atom stereocenters. The van der Waals surface area contributed by atoms with Crippen LogP contribution in [-0.2, 0) is 0 Å². The van der Waals surface area contributed by atoms with Crippen LogP contribution >= 0.6 is 11.8 Å². The van der Waals surface area contributed by atoms with Crippen LogP contribution in [0.3, 0.4) is 0 Å². The van der Waals surface area contributed by atoms with Crippen molar-refractivity contribution in [2.24, 2.45) is 0 Å². The van der Waals surface area contributed by atoms with Gasteiger partial charge < -0.3 is 10.4 Å². The van der Waals surface area contributed by atoms with Crippen LogP contribution in [0.1, 0.15) is 28.8 Å². The van der Waals surface area contributed by atoms with Crippen molar-refractivity contribution in [2.45, 2.75) is 25.4 Å². The Bertz CT molecular complexity index is 516. The molecule has 1 aromatic rings. The first-order valence-electron chi connectivity index (χ1n) is 6.45. The van der Waals surface area contributed by atoms with Crippen LogP contribution in [0, 0.1) is 18.6 Å². The molecular weight excluding hydrogens is 284 g/mol. The number of benzene rings is 1. The van der Waals surface area contributed by atoms with E-state index in [1.165, 1.54) is 13.0 Å². The lowest BCUT2D eigenvalue weighted by atomic mass is 9.96. The molecule has 1 aromatic carbocycles. The number of hydrogen-bond donors (Lipinski definition) is 2. The van der Waals surface area contributed by atoms with Crippen LogP contribution < -0.4 is 5.32 Å². The molecule has 0 aliphatic carbocycles. The Morgan fingerprint density at radius 3 is 2.65 bits per heavy atom. The zero-order valence-corrected chi connectivity index (χ0v) is 12.0. The second-order valence-electron chi connectivity index (χ2n) is 5.10. The highest BCUT2D eigenvalue weighted by Gasteiger charge is 2.30. The van der Waals surface area contributed by atoms with E-state index in [1.807, 2.05) is 0 Å². The number of thioether (sulfide) groups is 1. The average Bonchev–Trinajstić information content (AvgIpc) is 2.41. The Kier molecular flexibility index (Phi) is 4.65. The molecule has 110 valence electrons. The van der Waals surface area contributed by atoms with Gasteiger partial charge in [-0.3, -0.25) is 4.79 Å². The number of rotatable bonds is 3. The van der Waals surface area contributed by atoms with Crippen molar-refractivity contribution < 1.29 is 18.7 Å². The van der Waals surface area contributed by atoms with Gasteiger partial charge in [-0.1, -0.05) is 0 Å². The molecule has 2 rings (SSSR count). The summed E-state index contributed by atoms with van der Waals surface area (Å²) >= 11 is 1.76. The van der Waals surface area contributed by atoms with E-state index in [0.29, 0.717) is 18.9 Å². The number of carbonyl (C=O) groups is 1. The molecule has 0 radical (unpaired) electrons. The van der Waals surface area contributed by atoms with Gasteiger partial charge in [0.15, 0.2) is 0 Å². The summed E-state index contributed by atoms with van der Waals surface area (Å²) in [4.78, 5) is 11.9. The number of aliphatic hydroxyl groups is 1. The number of aryl methyl sites for hydroxylation is 1. The van der Waals surface area contributed by atoms with Crippen LogP contribution in [0.15, 0.2) is 12.1 Å². The summed E-state index contributed by atoms with van der Waals surface area (Å²) in [6.45, 7) is 1.56. The normalized spacial score (nSPS) is 17.8. The van der Waals surface area contributed by atoms with E-state index >= 15 is 0 Å². The number of carbonyl (C=O) groups excluding carboxylic acids is 1. The Morgan fingerprint density at radius 1 is 1.35 bits per heavy atom. The highest BCUT2D eigenvalue weighted by molar-refractivity contribution is 7.99. The van der Waals surface area contributed by atoms with E-state index in [1.54, 1.807) is 11.8 Å². The molecule has 0 aromatic heterocycles. The topological polar surface area (TPSA) is 49.3 Å². The lowest BCUT2D eigenvalue weighted by Crippen LogP contribution is -2.45. The number of hydrogen-bond acceptors (Lipinski definition) is 3. The molecule has 1 aliphatic heterocycles. The maximum absolute atomic E-state index is 13.6. The highest BCUT2D eigenvalue weighted by atomic mass is 32.2. The van der Waals surface area contributed by atoms with Gasteiger partial charge in [0.2, 0.25) is 0 Å². The number of amides is 1. The van der Waals surface area contributed by atoms with Crippen molar-refractivity contribution in [3.05, 3.63) is 34.9 Å². The Hall–Kier alpha value is -1.14. The van der Waals surface area contributed by atoms with E-state index in [2.05, 4.69) is 5.32 Å². The van der Waals surface area contributed by atoms with Gasteiger partial charge in [-0.05, 0) is 42.9 Å². The Morgan fingerprint density at radius 2 is 2.00 bits per heavy atom. The van der Waals surface area contributed by atoms with Gasteiger partial charge in [-0.25, -0.2) is 8.78 Å². The Labute approximate surface area is 120 Å². The first-order chi connectivity index (χ1) is 9.41. The minimum Gasteiger partial charge on any atom is -0.388 e. The van der Waals surface area contributed by atoms with E-state index in [-0.39, 0.29) is 17.7 Å². The third-order valence-electron chi connectivity index (χ3n) is 3.49. The van der Waals surface area contributed by atoms with Crippen molar-refractivity contribution in [1.82, 2.24) is 5.32 Å². The third kappa shape index (κ3) is 3.49. The fourth-order valence-electron chi connectivity index (χ4n) is 2.10. The largest absolute Gasteiger partial charge is 0.388 e. The number of halogens is 2. The van der Waals surface area contributed by atoms with E-state index < -0.39 is 23.1 Å². The summed E-state index contributed by atoms with van der Waals surface area (Å²) in [5.74, 6) is -0.511. The van der Waals surface area contributed by atoms with Crippen LogP contribution in [0.25, 0.3) is 0 Å². The molecule has 1 heterocycles. The maximum atomic E-state index is 13.6. The first-order valence-corrected chi connectivity index (χ1v) is 7.61. The van der Waals surface area contributed by atoms with E-state index in [9.17, 15) is 18.7 Å². The molecule has 3 nitrogen and oxygen atoms in total. The van der Waals surface area contributed by atoms with Gasteiger partial charge in [0.1, 0.15) is 11.6 Å². The highest BCUT2D eigenvalue weighted by Crippen LogP contribution is 2.26. The second kappa shape index (κ2) is 6.10. The third-order valence-corrected chi connectivity index (χ3v) is 4.48. The van der Waals surface area contributed by atoms with Gasteiger partial charge in [-0.2, -0.15) is 11.8 Å². The molecule has 1 fully saturated rings. The van der Waals surface area contributed by atoms with Crippen molar-refractivity contribution >= 4 is 17.7 Å². The molecule has 0 unspecified atom stereocenters. The smallest absolute Gasteiger partial charge is 0.254 e. The molecule has 0 spiro atoms. The molecular formula is C14H17F2NO2S. The quantitative estimate of drug-likeness (QED) is 0.900. The molecule has 1 saturated heterocycles. The van der Waals surface area contributed by atoms with Crippen molar-refractivity contribution in [3.8, 4) is 0 Å². The number of nitrogens with one attached hydrogen (secondary N) is 1. The fraction of sp³-hybridized carbons (Fsp3) is 0.500. The molecule has 1 amide bonds. The molecule has 2 N–H and O–H groups in total. The summed E-state index contributed by atoms with van der Waals surface area (Å²) < 4.78 is 26.7. The molecule has 6 heteroatoms. The molecule has 0 bridgehead atoms. The summed E-state index contributed by atoms with van der Waals surface area (Å²) in [7, 11) is 0. The standard InChI is InChI=1S/C14H17F2NO2S/c1-9-6-10(12(16)7-11(9)15)13(18)17-8-14(19)2-4-20-5-3-14/h6-7,19H,2-5,8H2,1H3,(H,17,18). The second-order valence-corrected chi connectivity index (χ2v) is 6.33. The van der Waals surface area contributed by atoms with Crippen molar-refractivity contribution in [3.63, 3.8) is 0 Å². The lowest BCUT2D eigenvalue weighted by molar-refractivity contribution is 0.0310. The van der Waals surface area contributed by atoms with Crippen molar-refractivity contribution in [1.29, 1.82) is 0 Å². The summed E-state index contributed by atoms with van der Waals surface area (Å²) in [5.41, 5.74) is -0.908. The van der Waals surface area contributed by atoms with Crippen LogP contribution in [-0.4, -0.2) is 34.7 Å². The predicted octanol–water partition coefficient (Wildman–Crippen LogP) is 2.26. The zero-order chi connectivity index (χ0) is 14.8. The summed E-state index contributed by atoms with van der Waals surface area (Å²) in [6, 6.07) is 1.89. The molecule has 1 aliphatic rings. The average molecular weight is 301 g/mol. The van der Waals surface area contributed by atoms with Gasteiger partial charge in [-0.15, -0.1) is 0 Å². The van der Waals surface area contributed by atoms with E-state index in [0.717, 1.165) is 11.5 Å². The van der Waals surface area contributed by atoms with Gasteiger partial charge in [0, 0.05) is 12.6 Å². The molecule has 0 saturated carbocycles. The van der Waals surface area contributed by atoms with Crippen molar-refractivity contribution in [2.75, 3.05) is 18.1 Å². The monoisotopic (exact) mass is 301 g/mol. The van der Waals surface area contributed by atoms with Crippen LogP contribution in [0.4, 0.5) is 8.78 Å². The first kappa shape index (κ1) is 15.3. The van der Waals surface area contributed by atoms with Crippen LogP contribution in [0.2, 0.25) is 0 Å². The summed E-state index contributed by atoms with van der Waals surface area (Å²) in [5, 5.41) is 12.8. The van der Waals surface area contributed by atoms with E-state index in [4.69, 9.17) is 0 Å². The summed E-state index contributed by atoms with van der Waals surface area (Å²) in [6.07, 6.45) is 1.20. The van der Waals surface area contributed by atoms with Gasteiger partial charge in [0.05, 0.1) is 11.2 Å². The SMILES string of the molecule is Cc1cc(C(=O)NCC2(O)CCSCC2)c(F)cc1F. The maximum Gasteiger partial charge on any atom is 0.254 e. The Balaban J connectivity index is 2.03. The fourth-order valence-corrected chi connectivity index (χ4v) is 3.35. The predicted molar refractivity (Wildman–Crippen MR) is 74.9 cm³/mol. The van der Waals surface area contributed by atoms with Gasteiger partial charge >= 0.3 is 0 Å². The zero-order valence-electron chi connectivity index (χ0n) is 11.2. The van der Waals surface area contributed by atoms with Crippen LogP contribution in [0.5, 0.6) is 0 Å². The lowest BCUT2D eigenvalue weighted by Gasteiger charge is -2.31. The van der Waals surface area contributed by atoms with Gasteiger partial charge in [0.25, 0.3) is 5.91 Å². The minimum atomic E-state index is -0.924.